The minimum atomic E-state index is -1.03. The molecule has 0 nitrogen and oxygen atoms in total. The van der Waals surface area contributed by atoms with Gasteiger partial charge in [-0.3, -0.25) is 0 Å². The molecule has 0 spiro atoms. The third-order valence-corrected chi connectivity index (χ3v) is 11.5. The van der Waals surface area contributed by atoms with Crippen molar-refractivity contribution in [3.63, 3.8) is 0 Å². The van der Waals surface area contributed by atoms with Crippen LogP contribution in [0.5, 0.6) is 0 Å². The molecule has 112 valence electrons. The Morgan fingerprint density at radius 1 is 0.632 bits per heavy atom. The first-order valence-electron chi connectivity index (χ1n) is 7.72. The molecule has 5 heteroatoms. The average Bonchev–Trinajstić information content (AvgIpc) is 2.29. The molecule has 0 rings (SSSR count). The number of hydrogen-bond donors (Lipinski definition) is 4. The number of unbranched alkanes of at least 4 members (excludes halogenated alkanes) is 6. The van der Waals surface area contributed by atoms with Gasteiger partial charge in [-0.05, 0) is 0 Å². The van der Waals surface area contributed by atoms with Crippen molar-refractivity contribution in [2.24, 2.45) is 0 Å². The fourth-order valence-corrected chi connectivity index (χ4v) is 14.8. The Balaban J connectivity index is 3.93. The average molecular weight is 392 g/mol. The molecule has 0 atom stereocenters. The first-order chi connectivity index (χ1) is 8.83. The van der Waals surface area contributed by atoms with Gasteiger partial charge >= 0.3 is 151 Å². The molecule has 19 heavy (non-hydrogen) atoms. The van der Waals surface area contributed by atoms with Crippen molar-refractivity contribution in [3.8, 4) is 0 Å². The van der Waals surface area contributed by atoms with Gasteiger partial charge in [0.15, 0.2) is 0 Å². The van der Waals surface area contributed by atoms with E-state index in [4.69, 9.17) is 50.5 Å². The first-order valence-corrected chi connectivity index (χ1v) is 12.5. The Kier molecular flexibility index (Phi) is 12.8. The molecule has 0 heterocycles. The van der Waals surface area contributed by atoms with Crippen LogP contribution >= 0.6 is 50.5 Å². The maximum atomic E-state index is 4.80. The molecule has 0 amide bonds. The van der Waals surface area contributed by atoms with Gasteiger partial charge in [-0.2, -0.15) is 0 Å². The molecule has 0 unspecified atom stereocenters. The van der Waals surface area contributed by atoms with Crippen LogP contribution in [0.15, 0.2) is 0 Å². The van der Waals surface area contributed by atoms with E-state index in [1.165, 1.54) is 51.4 Å². The van der Waals surface area contributed by atoms with Crippen molar-refractivity contribution < 1.29 is 17.1 Å². The van der Waals surface area contributed by atoms with Crippen LogP contribution in [0.4, 0.5) is 0 Å². The van der Waals surface area contributed by atoms with Crippen molar-refractivity contribution in [2.75, 3.05) is 0 Å². The molecule has 0 radical (unpaired) electrons. The summed E-state index contributed by atoms with van der Waals surface area (Å²) in [4.78, 5) is 0. The van der Waals surface area contributed by atoms with Gasteiger partial charge in [-0.25, -0.2) is 0 Å². The Morgan fingerprint density at radius 2 is 1.00 bits per heavy atom. The van der Waals surface area contributed by atoms with E-state index >= 15 is 0 Å². The Hall–Kier alpha value is 2.02. The van der Waals surface area contributed by atoms with Gasteiger partial charge in [0.2, 0.25) is 0 Å². The van der Waals surface area contributed by atoms with Crippen LogP contribution in [-0.4, -0.2) is 5.35 Å². The van der Waals surface area contributed by atoms with Gasteiger partial charge in [0, 0.05) is 0 Å². The summed E-state index contributed by atoms with van der Waals surface area (Å²) in [6, 6.07) is 0. The second kappa shape index (κ2) is 11.6. The van der Waals surface area contributed by atoms with Crippen LogP contribution < -0.4 is 0 Å². The molecular weight excluding hydrogens is 362 g/mol. The summed E-state index contributed by atoms with van der Waals surface area (Å²) in [5.74, 6) is 0. The molecule has 0 bridgehead atoms. The molecule has 0 fully saturated rings. The topological polar surface area (TPSA) is 0 Å². The predicted octanol–water partition coefficient (Wildman–Crippen LogP) is 6.04. The van der Waals surface area contributed by atoms with Crippen LogP contribution in [0.2, 0.25) is 0 Å². The van der Waals surface area contributed by atoms with E-state index in [1.54, 1.807) is 0 Å². The fourth-order valence-electron chi connectivity index (χ4n) is 2.30. The molecule has 0 saturated carbocycles. The Labute approximate surface area is 150 Å². The summed E-state index contributed by atoms with van der Waals surface area (Å²) in [6.45, 7) is 4.49. The van der Waals surface area contributed by atoms with E-state index in [1.807, 2.05) is 0 Å². The zero-order valence-corrected chi connectivity index (χ0v) is 19.1. The van der Waals surface area contributed by atoms with Crippen molar-refractivity contribution in [2.45, 2.75) is 83.4 Å². The van der Waals surface area contributed by atoms with Gasteiger partial charge in [0.1, 0.15) is 0 Å². The van der Waals surface area contributed by atoms with Crippen LogP contribution in [-0.2, 0) is 17.1 Å². The van der Waals surface area contributed by atoms with Crippen molar-refractivity contribution in [3.05, 3.63) is 0 Å². The molecule has 0 N–H and O–H groups in total. The predicted molar refractivity (Wildman–Crippen MR) is 98.9 cm³/mol. The summed E-state index contributed by atoms with van der Waals surface area (Å²) in [5.41, 5.74) is 0. The quantitative estimate of drug-likeness (QED) is 0.133. The van der Waals surface area contributed by atoms with E-state index in [-0.39, 0.29) is 5.35 Å². The Bertz CT molecular complexity index is 197. The molecule has 0 aliphatic heterocycles. The van der Waals surface area contributed by atoms with E-state index in [0.717, 1.165) is 12.8 Å². The molecule has 0 aromatic carbocycles. The molecule has 0 aliphatic rings. The van der Waals surface area contributed by atoms with Gasteiger partial charge in [0.05, 0.1) is 0 Å². The summed E-state index contributed by atoms with van der Waals surface area (Å²) in [7, 11) is 0. The minimum absolute atomic E-state index is 0.0466. The van der Waals surface area contributed by atoms with E-state index in [2.05, 4.69) is 13.8 Å². The van der Waals surface area contributed by atoms with Gasteiger partial charge in [-0.15, -0.1) is 0 Å². The number of rotatable bonds is 12. The zero-order chi connectivity index (χ0) is 14.8. The monoisotopic (exact) mass is 390 g/mol. The van der Waals surface area contributed by atoms with E-state index in [0.29, 0.717) is 0 Å². The number of hydrogen-bond acceptors (Lipinski definition) is 4. The SMILES string of the molecule is CCCCCC[C](S)(S)[Zn][C](S)(S)CCCCCC. The second-order valence-electron chi connectivity index (χ2n) is 5.76. The Morgan fingerprint density at radius 3 is 1.32 bits per heavy atom. The maximum absolute atomic E-state index is 4.80. The van der Waals surface area contributed by atoms with Crippen LogP contribution in [0.1, 0.15) is 78.1 Å². The summed E-state index contributed by atoms with van der Waals surface area (Å²) in [6.07, 6.45) is 12.6. The second-order valence-corrected chi connectivity index (χ2v) is 20.7. The van der Waals surface area contributed by atoms with Gasteiger partial charge in [-0.1, -0.05) is 0 Å². The molecule has 0 aliphatic carbocycles. The van der Waals surface area contributed by atoms with Crippen LogP contribution in [0.25, 0.3) is 0 Å². The first kappa shape index (κ1) is 21.0. The third kappa shape index (κ3) is 13.4. The van der Waals surface area contributed by atoms with E-state index in [9.17, 15) is 0 Å². The van der Waals surface area contributed by atoms with Crippen LogP contribution in [0.3, 0.4) is 0 Å². The van der Waals surface area contributed by atoms with Crippen molar-refractivity contribution >= 4 is 50.5 Å². The van der Waals surface area contributed by atoms with Gasteiger partial charge < -0.3 is 0 Å². The zero-order valence-electron chi connectivity index (χ0n) is 12.6. The van der Waals surface area contributed by atoms with Gasteiger partial charge in [0.25, 0.3) is 0 Å². The third-order valence-electron chi connectivity index (χ3n) is 3.43. The number of thiol groups is 4. The van der Waals surface area contributed by atoms with Crippen LogP contribution in [0, 0.1) is 0 Å². The normalized spacial score (nSPS) is 12.5. The van der Waals surface area contributed by atoms with Crippen molar-refractivity contribution in [1.29, 1.82) is 0 Å². The molecule has 0 aromatic heterocycles. The van der Waals surface area contributed by atoms with E-state index < -0.39 is 17.1 Å². The molecular formula is C14H30S4Zn. The molecule has 0 saturated heterocycles. The fraction of sp³-hybridized carbons (Fsp3) is 1.00. The summed E-state index contributed by atoms with van der Waals surface area (Å²) in [5, 5.41) is 0. The summed E-state index contributed by atoms with van der Waals surface area (Å²) >= 11 is 18.2. The van der Waals surface area contributed by atoms with Crippen molar-refractivity contribution in [1.82, 2.24) is 0 Å². The standard InChI is InChI=1S/2C7H15S2.Zn/c2*1-2-3-4-5-6-7(8)9;/h2*8-9H,2-6H2,1H3;. The molecule has 0 aromatic rings. The summed E-state index contributed by atoms with van der Waals surface area (Å²) < 4.78 is -0.0933.